The van der Waals surface area contributed by atoms with Crippen LogP contribution in [0.3, 0.4) is 0 Å². The molecule has 4 heteroatoms. The summed E-state index contributed by atoms with van der Waals surface area (Å²) in [7, 11) is 0. The Bertz CT molecular complexity index is 412. The number of nitrogens with zero attached hydrogens (tertiary/aromatic N) is 3. The van der Waals surface area contributed by atoms with Gasteiger partial charge in [0.15, 0.2) is 0 Å². The normalized spacial score (nSPS) is 21.2. The smallest absolute Gasteiger partial charge is 0.268 e. The minimum Gasteiger partial charge on any atom is -0.268 e. The fourth-order valence-corrected chi connectivity index (χ4v) is 2.47. The maximum atomic E-state index is 12.1. The van der Waals surface area contributed by atoms with Crippen LogP contribution in [0.15, 0.2) is 18.5 Å². The molecular formula is C12H15N3O. The molecule has 0 radical (unpaired) electrons. The minimum absolute atomic E-state index is 0.116. The van der Waals surface area contributed by atoms with Gasteiger partial charge in [0.2, 0.25) is 0 Å². The van der Waals surface area contributed by atoms with Crippen molar-refractivity contribution in [2.75, 3.05) is 13.1 Å². The second-order valence-electron chi connectivity index (χ2n) is 4.41. The van der Waals surface area contributed by atoms with Crippen molar-refractivity contribution >= 4 is 5.91 Å². The summed E-state index contributed by atoms with van der Waals surface area (Å²) in [5, 5.41) is 4.07. The summed E-state index contributed by atoms with van der Waals surface area (Å²) in [6, 6.07) is 1.94. The number of fused-ring (bicyclic) bond motifs is 1. The number of rotatable bonds is 1. The maximum absolute atomic E-state index is 12.1. The van der Waals surface area contributed by atoms with Gasteiger partial charge in [0, 0.05) is 25.5 Å². The first-order chi connectivity index (χ1) is 7.86. The molecule has 1 fully saturated rings. The van der Waals surface area contributed by atoms with Crippen molar-refractivity contribution in [2.24, 2.45) is 0 Å². The van der Waals surface area contributed by atoms with Gasteiger partial charge in [0.05, 0.1) is 12.1 Å². The lowest BCUT2D eigenvalue weighted by Crippen LogP contribution is -2.45. The molecule has 2 aliphatic rings. The highest BCUT2D eigenvalue weighted by Crippen LogP contribution is 2.24. The first-order valence-electron chi connectivity index (χ1n) is 5.86. The molecule has 0 unspecified atom stereocenters. The van der Waals surface area contributed by atoms with Gasteiger partial charge in [-0.05, 0) is 24.5 Å². The number of carbonyl (C=O) groups is 1. The molecule has 0 aromatic carbocycles. The number of hydrazine groups is 1. The molecule has 0 spiro atoms. The van der Waals surface area contributed by atoms with Crippen molar-refractivity contribution in [1.82, 2.24) is 15.0 Å². The molecule has 0 aliphatic carbocycles. The van der Waals surface area contributed by atoms with Crippen molar-refractivity contribution in [1.29, 1.82) is 0 Å². The summed E-state index contributed by atoms with van der Waals surface area (Å²) in [5.41, 5.74) is 1.87. The Balaban J connectivity index is 1.83. The van der Waals surface area contributed by atoms with Crippen LogP contribution in [-0.2, 0) is 6.54 Å². The highest BCUT2D eigenvalue weighted by molar-refractivity contribution is 5.97. The van der Waals surface area contributed by atoms with Gasteiger partial charge >= 0.3 is 0 Å². The second-order valence-corrected chi connectivity index (χ2v) is 4.41. The lowest BCUT2D eigenvalue weighted by atomic mass is 10.2. The van der Waals surface area contributed by atoms with Crippen LogP contribution in [0.2, 0.25) is 0 Å². The number of hydrogen-bond donors (Lipinski definition) is 0. The number of carbonyl (C=O) groups excluding carboxylic acids is 1. The van der Waals surface area contributed by atoms with Crippen LogP contribution in [0.5, 0.6) is 0 Å². The average Bonchev–Trinajstić information content (AvgIpc) is 2.69. The molecule has 0 saturated carbocycles. The fraction of sp³-hybridized carbons (Fsp3) is 0.500. The van der Waals surface area contributed by atoms with E-state index in [-0.39, 0.29) is 5.91 Å². The molecule has 3 rings (SSSR count). The van der Waals surface area contributed by atoms with E-state index in [1.165, 1.54) is 19.3 Å². The number of pyridine rings is 1. The third-order valence-electron chi connectivity index (χ3n) is 3.37. The minimum atomic E-state index is 0.116. The molecule has 16 heavy (non-hydrogen) atoms. The molecule has 0 bridgehead atoms. The van der Waals surface area contributed by atoms with Crippen LogP contribution in [0.4, 0.5) is 0 Å². The molecule has 84 valence electrons. The number of piperidine rings is 1. The first-order valence-corrected chi connectivity index (χ1v) is 5.86. The standard InChI is InChI=1S/C12H15N3O/c16-12-11-8-13-5-4-10(11)9-15(12)14-6-2-1-3-7-14/h4-5,8H,1-3,6-7,9H2. The topological polar surface area (TPSA) is 36.4 Å². The Kier molecular flexibility index (Phi) is 2.36. The van der Waals surface area contributed by atoms with Gasteiger partial charge in [-0.25, -0.2) is 5.01 Å². The van der Waals surface area contributed by atoms with E-state index in [0.717, 1.165) is 30.8 Å². The van der Waals surface area contributed by atoms with Crippen LogP contribution >= 0.6 is 0 Å². The van der Waals surface area contributed by atoms with Gasteiger partial charge < -0.3 is 0 Å². The Labute approximate surface area is 94.8 Å². The van der Waals surface area contributed by atoms with E-state index in [2.05, 4.69) is 9.99 Å². The van der Waals surface area contributed by atoms with Gasteiger partial charge in [0.25, 0.3) is 5.91 Å². The molecule has 1 aromatic rings. The summed E-state index contributed by atoms with van der Waals surface area (Å²) in [4.78, 5) is 16.2. The average molecular weight is 217 g/mol. The van der Waals surface area contributed by atoms with Crippen LogP contribution < -0.4 is 0 Å². The third-order valence-corrected chi connectivity index (χ3v) is 3.37. The third kappa shape index (κ3) is 1.50. The highest BCUT2D eigenvalue weighted by atomic mass is 16.2. The van der Waals surface area contributed by atoms with Crippen molar-refractivity contribution in [3.05, 3.63) is 29.6 Å². The zero-order valence-corrected chi connectivity index (χ0v) is 9.22. The fourth-order valence-electron chi connectivity index (χ4n) is 2.47. The lowest BCUT2D eigenvalue weighted by molar-refractivity contribution is -0.0204. The first kappa shape index (κ1) is 9.78. The largest absolute Gasteiger partial charge is 0.270 e. The molecule has 0 atom stereocenters. The molecule has 2 aliphatic heterocycles. The van der Waals surface area contributed by atoms with E-state index in [1.54, 1.807) is 12.4 Å². The van der Waals surface area contributed by atoms with Gasteiger partial charge in [-0.15, -0.1) is 0 Å². The molecule has 1 aromatic heterocycles. The molecule has 4 nitrogen and oxygen atoms in total. The Morgan fingerprint density at radius 3 is 2.75 bits per heavy atom. The number of amides is 1. The summed E-state index contributed by atoms with van der Waals surface area (Å²) < 4.78 is 0. The van der Waals surface area contributed by atoms with E-state index in [9.17, 15) is 4.79 Å². The zero-order valence-electron chi connectivity index (χ0n) is 9.22. The van der Waals surface area contributed by atoms with Gasteiger partial charge in [-0.2, -0.15) is 0 Å². The summed E-state index contributed by atoms with van der Waals surface area (Å²) in [6.07, 6.45) is 7.11. The summed E-state index contributed by atoms with van der Waals surface area (Å²) in [5.74, 6) is 0.116. The van der Waals surface area contributed by atoms with Crippen LogP contribution in [-0.4, -0.2) is 34.0 Å². The Morgan fingerprint density at radius 2 is 2.00 bits per heavy atom. The van der Waals surface area contributed by atoms with Crippen molar-refractivity contribution in [3.8, 4) is 0 Å². The van der Waals surface area contributed by atoms with Crippen molar-refractivity contribution in [2.45, 2.75) is 25.8 Å². The van der Waals surface area contributed by atoms with E-state index >= 15 is 0 Å². The Hall–Kier alpha value is -1.42. The van der Waals surface area contributed by atoms with Crippen molar-refractivity contribution in [3.63, 3.8) is 0 Å². The molecular weight excluding hydrogens is 202 g/mol. The summed E-state index contributed by atoms with van der Waals surface area (Å²) >= 11 is 0. The maximum Gasteiger partial charge on any atom is 0.270 e. The van der Waals surface area contributed by atoms with Gasteiger partial charge in [-0.1, -0.05) is 6.42 Å². The quantitative estimate of drug-likeness (QED) is 0.714. The highest BCUT2D eigenvalue weighted by Gasteiger charge is 2.31. The van der Waals surface area contributed by atoms with Crippen LogP contribution in [0, 0.1) is 0 Å². The van der Waals surface area contributed by atoms with E-state index < -0.39 is 0 Å². The van der Waals surface area contributed by atoms with Crippen LogP contribution in [0.25, 0.3) is 0 Å². The SMILES string of the molecule is O=C1c2cnccc2CN1N1CCCCC1. The summed E-state index contributed by atoms with van der Waals surface area (Å²) in [6.45, 7) is 2.73. The lowest BCUT2D eigenvalue weighted by Gasteiger charge is -2.34. The van der Waals surface area contributed by atoms with Crippen molar-refractivity contribution < 1.29 is 4.79 Å². The predicted octanol–water partition coefficient (Wildman–Crippen LogP) is 1.44. The second kappa shape index (κ2) is 3.87. The van der Waals surface area contributed by atoms with Gasteiger partial charge in [-0.3, -0.25) is 14.8 Å². The number of aromatic nitrogens is 1. The van der Waals surface area contributed by atoms with E-state index in [4.69, 9.17) is 0 Å². The van der Waals surface area contributed by atoms with Gasteiger partial charge in [0.1, 0.15) is 0 Å². The zero-order chi connectivity index (χ0) is 11.0. The number of hydrogen-bond acceptors (Lipinski definition) is 3. The monoisotopic (exact) mass is 217 g/mol. The molecule has 0 N–H and O–H groups in total. The van der Waals surface area contributed by atoms with Crippen LogP contribution in [0.1, 0.15) is 35.2 Å². The molecule has 3 heterocycles. The Morgan fingerprint density at radius 1 is 1.19 bits per heavy atom. The van der Waals surface area contributed by atoms with E-state index in [1.807, 2.05) is 11.1 Å². The predicted molar refractivity (Wildman–Crippen MR) is 59.5 cm³/mol. The van der Waals surface area contributed by atoms with E-state index in [0.29, 0.717) is 0 Å². The molecule has 1 amide bonds. The molecule has 1 saturated heterocycles.